The SMILES string of the molecule is CCCOc1cccc(N2C(=O)C(=O)/C(=C(\O)c3ccc4c(c3)OCCO4)C2c2ccco2)c1. The number of aliphatic hydroxyl groups excluding tert-OH is 1. The monoisotopic (exact) mass is 461 g/mol. The van der Waals surface area contributed by atoms with Gasteiger partial charge in [0, 0.05) is 17.3 Å². The Morgan fingerprint density at radius 1 is 1.06 bits per heavy atom. The molecule has 1 fully saturated rings. The molecule has 2 aromatic carbocycles. The summed E-state index contributed by atoms with van der Waals surface area (Å²) in [6.07, 6.45) is 2.29. The number of hydrogen-bond donors (Lipinski definition) is 1. The van der Waals surface area contributed by atoms with Gasteiger partial charge in [0.05, 0.1) is 18.4 Å². The molecule has 1 amide bonds. The zero-order valence-electron chi connectivity index (χ0n) is 18.5. The minimum atomic E-state index is -0.954. The van der Waals surface area contributed by atoms with Gasteiger partial charge >= 0.3 is 0 Å². The number of benzene rings is 2. The summed E-state index contributed by atoms with van der Waals surface area (Å²) in [5.74, 6) is 0.0263. The van der Waals surface area contributed by atoms with Crippen molar-refractivity contribution in [2.75, 3.05) is 24.7 Å². The van der Waals surface area contributed by atoms with E-state index in [1.54, 1.807) is 54.6 Å². The van der Waals surface area contributed by atoms with Gasteiger partial charge in [0.2, 0.25) is 0 Å². The van der Waals surface area contributed by atoms with Crippen molar-refractivity contribution in [3.05, 3.63) is 77.8 Å². The van der Waals surface area contributed by atoms with E-state index >= 15 is 0 Å². The molecule has 1 aromatic heterocycles. The molecular formula is C26H23NO7. The average molecular weight is 461 g/mol. The summed E-state index contributed by atoms with van der Waals surface area (Å²) in [6.45, 7) is 3.33. The lowest BCUT2D eigenvalue weighted by Crippen LogP contribution is -2.29. The number of anilines is 1. The number of fused-ring (bicyclic) bond motifs is 1. The number of Topliss-reactive ketones (excluding diaryl/α,β-unsaturated/α-hetero) is 1. The molecule has 0 aliphatic carbocycles. The molecule has 0 radical (unpaired) electrons. The van der Waals surface area contributed by atoms with Crippen LogP contribution in [0.2, 0.25) is 0 Å². The number of aliphatic hydroxyl groups is 1. The Labute approximate surface area is 196 Å². The first-order chi connectivity index (χ1) is 16.6. The van der Waals surface area contributed by atoms with Crippen molar-refractivity contribution in [2.24, 2.45) is 0 Å². The van der Waals surface area contributed by atoms with E-state index in [1.165, 1.54) is 11.2 Å². The van der Waals surface area contributed by atoms with E-state index in [-0.39, 0.29) is 11.3 Å². The Morgan fingerprint density at radius 2 is 1.88 bits per heavy atom. The normalized spacial score (nSPS) is 18.9. The predicted molar refractivity (Wildman–Crippen MR) is 123 cm³/mol. The van der Waals surface area contributed by atoms with Crippen molar-refractivity contribution in [3.63, 3.8) is 0 Å². The van der Waals surface area contributed by atoms with Crippen LogP contribution >= 0.6 is 0 Å². The molecule has 1 saturated heterocycles. The van der Waals surface area contributed by atoms with Crippen molar-refractivity contribution in [1.29, 1.82) is 0 Å². The third-order valence-electron chi connectivity index (χ3n) is 5.64. The van der Waals surface area contributed by atoms with E-state index in [2.05, 4.69) is 0 Å². The zero-order chi connectivity index (χ0) is 23.7. The van der Waals surface area contributed by atoms with Gasteiger partial charge in [0.15, 0.2) is 11.5 Å². The summed E-state index contributed by atoms with van der Waals surface area (Å²) in [5.41, 5.74) is 0.716. The fourth-order valence-electron chi connectivity index (χ4n) is 4.10. The minimum absolute atomic E-state index is 0.0727. The molecule has 0 saturated carbocycles. The predicted octanol–water partition coefficient (Wildman–Crippen LogP) is 4.47. The molecule has 34 heavy (non-hydrogen) atoms. The molecule has 8 heteroatoms. The molecule has 1 atom stereocenters. The molecular weight excluding hydrogens is 438 g/mol. The average Bonchev–Trinajstić information content (AvgIpc) is 3.49. The van der Waals surface area contributed by atoms with Crippen LogP contribution in [0.4, 0.5) is 5.69 Å². The second kappa shape index (κ2) is 8.97. The number of carbonyl (C=O) groups is 2. The van der Waals surface area contributed by atoms with Crippen LogP contribution in [0.15, 0.2) is 70.9 Å². The summed E-state index contributed by atoms with van der Waals surface area (Å²) < 4.78 is 22.5. The van der Waals surface area contributed by atoms with E-state index in [1.807, 2.05) is 6.92 Å². The maximum absolute atomic E-state index is 13.2. The number of ether oxygens (including phenoxy) is 3. The Hall–Kier alpha value is -4.20. The summed E-state index contributed by atoms with van der Waals surface area (Å²) in [4.78, 5) is 27.8. The Balaban J connectivity index is 1.62. The van der Waals surface area contributed by atoms with Gasteiger partial charge in [-0.3, -0.25) is 14.5 Å². The van der Waals surface area contributed by atoms with E-state index in [4.69, 9.17) is 18.6 Å². The van der Waals surface area contributed by atoms with E-state index in [9.17, 15) is 14.7 Å². The van der Waals surface area contributed by atoms with Crippen molar-refractivity contribution >= 4 is 23.1 Å². The van der Waals surface area contributed by atoms with Crippen LogP contribution in [0, 0.1) is 0 Å². The number of nitrogens with zero attached hydrogens (tertiary/aromatic N) is 1. The van der Waals surface area contributed by atoms with Gasteiger partial charge in [-0.05, 0) is 48.9 Å². The van der Waals surface area contributed by atoms with Crippen molar-refractivity contribution in [3.8, 4) is 17.2 Å². The lowest BCUT2D eigenvalue weighted by Gasteiger charge is -2.24. The third kappa shape index (κ3) is 3.77. The standard InChI is InChI=1S/C26H23NO7/c1-2-10-31-18-6-3-5-17(15-18)27-23(20-7-4-11-32-20)22(25(29)26(27)30)24(28)16-8-9-19-21(14-16)34-13-12-33-19/h3-9,11,14-15,23,28H,2,10,12-13H2,1H3/b24-22-. The van der Waals surface area contributed by atoms with Crippen molar-refractivity contribution < 1.29 is 33.3 Å². The van der Waals surface area contributed by atoms with Gasteiger partial charge in [0.1, 0.15) is 36.5 Å². The highest BCUT2D eigenvalue weighted by atomic mass is 16.6. The van der Waals surface area contributed by atoms with Crippen molar-refractivity contribution in [1.82, 2.24) is 0 Å². The molecule has 2 aliphatic heterocycles. The van der Waals surface area contributed by atoms with Crippen LogP contribution in [-0.4, -0.2) is 36.6 Å². The number of ketones is 1. The molecule has 1 N–H and O–H groups in total. The van der Waals surface area contributed by atoms with Gasteiger partial charge in [-0.1, -0.05) is 13.0 Å². The molecule has 5 rings (SSSR count). The topological polar surface area (TPSA) is 98.4 Å². The largest absolute Gasteiger partial charge is 0.507 e. The van der Waals surface area contributed by atoms with Crippen LogP contribution in [0.25, 0.3) is 5.76 Å². The van der Waals surface area contributed by atoms with E-state index in [0.717, 1.165) is 6.42 Å². The fourth-order valence-corrected chi connectivity index (χ4v) is 4.10. The highest BCUT2D eigenvalue weighted by Gasteiger charge is 2.48. The molecule has 2 aliphatic rings. The van der Waals surface area contributed by atoms with Crippen LogP contribution in [0.1, 0.15) is 30.7 Å². The number of furan rings is 1. The van der Waals surface area contributed by atoms with Gasteiger partial charge in [-0.2, -0.15) is 0 Å². The van der Waals surface area contributed by atoms with Crippen LogP contribution in [-0.2, 0) is 9.59 Å². The van der Waals surface area contributed by atoms with Gasteiger partial charge in [-0.15, -0.1) is 0 Å². The van der Waals surface area contributed by atoms with Crippen LogP contribution < -0.4 is 19.1 Å². The fraction of sp³-hybridized carbons (Fsp3) is 0.231. The second-order valence-corrected chi connectivity index (χ2v) is 7.89. The van der Waals surface area contributed by atoms with Gasteiger partial charge in [0.25, 0.3) is 11.7 Å². The lowest BCUT2D eigenvalue weighted by molar-refractivity contribution is -0.132. The molecule has 1 unspecified atom stereocenters. The smallest absolute Gasteiger partial charge is 0.300 e. The Morgan fingerprint density at radius 3 is 2.65 bits per heavy atom. The highest BCUT2D eigenvalue weighted by molar-refractivity contribution is 6.51. The Bertz CT molecular complexity index is 1260. The van der Waals surface area contributed by atoms with Crippen LogP contribution in [0.5, 0.6) is 17.2 Å². The van der Waals surface area contributed by atoms with Gasteiger partial charge < -0.3 is 23.7 Å². The molecule has 0 spiro atoms. The maximum Gasteiger partial charge on any atom is 0.300 e. The number of hydrogen-bond acceptors (Lipinski definition) is 7. The summed E-state index contributed by atoms with van der Waals surface area (Å²) in [7, 11) is 0. The highest BCUT2D eigenvalue weighted by Crippen LogP contribution is 2.43. The van der Waals surface area contributed by atoms with Crippen molar-refractivity contribution in [2.45, 2.75) is 19.4 Å². The molecule has 0 bridgehead atoms. The first-order valence-corrected chi connectivity index (χ1v) is 11.1. The minimum Gasteiger partial charge on any atom is -0.507 e. The van der Waals surface area contributed by atoms with Gasteiger partial charge in [-0.25, -0.2) is 0 Å². The lowest BCUT2D eigenvalue weighted by atomic mass is 9.99. The third-order valence-corrected chi connectivity index (χ3v) is 5.64. The zero-order valence-corrected chi connectivity index (χ0v) is 18.5. The first kappa shape index (κ1) is 21.6. The van der Waals surface area contributed by atoms with E-state index in [0.29, 0.717) is 54.1 Å². The van der Waals surface area contributed by atoms with Crippen LogP contribution in [0.3, 0.4) is 0 Å². The molecule has 174 valence electrons. The maximum atomic E-state index is 13.2. The number of rotatable bonds is 6. The van der Waals surface area contributed by atoms with E-state index < -0.39 is 17.7 Å². The number of amides is 1. The Kier molecular flexibility index (Phi) is 5.71. The summed E-state index contributed by atoms with van der Waals surface area (Å²) >= 11 is 0. The number of carbonyl (C=O) groups excluding carboxylic acids is 2. The molecule has 3 heterocycles. The first-order valence-electron chi connectivity index (χ1n) is 11.1. The molecule has 8 nitrogen and oxygen atoms in total. The molecule has 3 aromatic rings. The summed E-state index contributed by atoms with van der Waals surface area (Å²) in [5, 5.41) is 11.2. The second-order valence-electron chi connectivity index (χ2n) is 7.89. The quantitative estimate of drug-likeness (QED) is 0.329. The summed E-state index contributed by atoms with van der Waals surface area (Å²) in [6, 6.07) is 14.2.